The van der Waals surface area contributed by atoms with Crippen molar-refractivity contribution >= 4 is 17.6 Å². The van der Waals surface area contributed by atoms with E-state index < -0.39 is 5.60 Å². The van der Waals surface area contributed by atoms with Crippen molar-refractivity contribution in [3.8, 4) is 0 Å². The number of rotatable bonds is 11. The van der Waals surface area contributed by atoms with Crippen LogP contribution in [0.15, 0.2) is 24.3 Å². The number of carbonyl (C=O) groups excluding carboxylic acids is 1. The number of nitrogens with zero attached hydrogens (tertiary/aromatic N) is 1. The van der Waals surface area contributed by atoms with Gasteiger partial charge < -0.3 is 25.4 Å². The van der Waals surface area contributed by atoms with Crippen molar-refractivity contribution < 1.29 is 14.6 Å². The molecule has 1 aromatic carbocycles. The Morgan fingerprint density at radius 3 is 2.73 bits per heavy atom. The molecule has 1 saturated heterocycles. The summed E-state index contributed by atoms with van der Waals surface area (Å²) in [6.07, 6.45) is 4.98. The molecule has 0 spiro atoms. The fourth-order valence-electron chi connectivity index (χ4n) is 4.96. The predicted molar refractivity (Wildman–Crippen MR) is 136 cm³/mol. The van der Waals surface area contributed by atoms with E-state index in [0.717, 1.165) is 44.2 Å². The van der Waals surface area contributed by atoms with Gasteiger partial charge in [-0.3, -0.25) is 0 Å². The molecule has 1 fully saturated rings. The first kappa shape index (κ1) is 27.9. The van der Waals surface area contributed by atoms with Gasteiger partial charge in [-0.2, -0.15) is 0 Å². The van der Waals surface area contributed by atoms with Crippen molar-refractivity contribution in [2.24, 2.45) is 11.3 Å². The molecule has 6 nitrogen and oxygen atoms in total. The highest BCUT2D eigenvalue weighted by Gasteiger charge is 2.41. The van der Waals surface area contributed by atoms with E-state index in [0.29, 0.717) is 31.1 Å². The third-order valence-corrected chi connectivity index (χ3v) is 6.74. The number of urea groups is 1. The Labute approximate surface area is 205 Å². The van der Waals surface area contributed by atoms with E-state index in [1.54, 1.807) is 7.11 Å². The minimum Gasteiger partial charge on any atom is -0.385 e. The molecule has 1 unspecified atom stereocenters. The molecule has 2 amide bonds. The molecule has 7 heteroatoms. The van der Waals surface area contributed by atoms with Gasteiger partial charge >= 0.3 is 6.03 Å². The summed E-state index contributed by atoms with van der Waals surface area (Å²) in [5, 5.41) is 19.0. The average Bonchev–Trinajstić information content (AvgIpc) is 2.75. The Kier molecular flexibility index (Phi) is 10.9. The third kappa shape index (κ3) is 8.75. The fraction of sp³-hybridized carbons (Fsp3) is 0.731. The number of hydrogen-bond donors (Lipinski definition) is 3. The zero-order valence-corrected chi connectivity index (χ0v) is 21.9. The number of hydrogen-bond acceptors (Lipinski definition) is 4. The first-order valence-electron chi connectivity index (χ1n) is 12.3. The lowest BCUT2D eigenvalue weighted by Crippen LogP contribution is -2.54. The van der Waals surface area contributed by atoms with Crippen molar-refractivity contribution in [1.29, 1.82) is 0 Å². The number of unbranched alkanes of at least 4 members (excludes halogenated alkanes) is 1. The minimum absolute atomic E-state index is 0.0444. The third-order valence-electron chi connectivity index (χ3n) is 6.50. The summed E-state index contributed by atoms with van der Waals surface area (Å²) in [5.41, 5.74) is -0.0813. The molecule has 33 heavy (non-hydrogen) atoms. The fourth-order valence-corrected chi connectivity index (χ4v) is 5.15. The number of halogens is 1. The molecule has 3 N–H and O–H groups in total. The topological polar surface area (TPSA) is 73.8 Å². The number of amides is 2. The second-order valence-electron chi connectivity index (χ2n) is 10.6. The lowest BCUT2D eigenvalue weighted by atomic mass is 9.74. The number of methoxy groups -OCH3 is 1. The van der Waals surface area contributed by atoms with Gasteiger partial charge in [-0.25, -0.2) is 4.79 Å². The van der Waals surface area contributed by atoms with Gasteiger partial charge in [0.25, 0.3) is 0 Å². The zero-order valence-electron chi connectivity index (χ0n) is 21.1. The van der Waals surface area contributed by atoms with Gasteiger partial charge in [0.2, 0.25) is 0 Å². The minimum atomic E-state index is -1.03. The number of carbonyl (C=O) groups is 1. The van der Waals surface area contributed by atoms with Gasteiger partial charge in [0.15, 0.2) is 0 Å². The smallest absolute Gasteiger partial charge is 0.317 e. The molecule has 0 radical (unpaired) electrons. The zero-order chi connectivity index (χ0) is 24.5. The van der Waals surface area contributed by atoms with Crippen LogP contribution in [0.1, 0.15) is 64.9 Å². The maximum absolute atomic E-state index is 13.2. The second-order valence-corrected chi connectivity index (χ2v) is 11.1. The van der Waals surface area contributed by atoms with Crippen LogP contribution in [0.5, 0.6) is 0 Å². The summed E-state index contributed by atoms with van der Waals surface area (Å²) < 4.78 is 5.20. The van der Waals surface area contributed by atoms with E-state index in [1.165, 1.54) is 0 Å². The summed E-state index contributed by atoms with van der Waals surface area (Å²) in [6.45, 7) is 9.20. The normalized spacial score (nSPS) is 19.7. The molecule has 1 aliphatic heterocycles. The van der Waals surface area contributed by atoms with Gasteiger partial charge in [0.05, 0.1) is 5.60 Å². The number of likely N-dealkylation sites (tertiary alicyclic amines) is 1. The summed E-state index contributed by atoms with van der Waals surface area (Å²) >= 11 is 6.28. The van der Waals surface area contributed by atoms with Crippen LogP contribution in [0.25, 0.3) is 0 Å². The molecule has 188 valence electrons. The summed E-state index contributed by atoms with van der Waals surface area (Å²) in [5.74, 6) is -0.0524. The van der Waals surface area contributed by atoms with Crippen LogP contribution in [0, 0.1) is 11.3 Å². The molecule has 0 saturated carbocycles. The van der Waals surface area contributed by atoms with E-state index in [4.69, 9.17) is 16.3 Å². The second kappa shape index (κ2) is 12.9. The molecule has 0 aromatic heterocycles. The van der Waals surface area contributed by atoms with Crippen LogP contribution in [0.4, 0.5) is 4.79 Å². The summed E-state index contributed by atoms with van der Waals surface area (Å²) in [4.78, 5) is 15.1. The number of ether oxygens (including phenoxy) is 1. The van der Waals surface area contributed by atoms with Crippen molar-refractivity contribution in [2.45, 2.75) is 70.9 Å². The largest absolute Gasteiger partial charge is 0.385 e. The van der Waals surface area contributed by atoms with Crippen LogP contribution in [0.2, 0.25) is 5.02 Å². The quantitative estimate of drug-likeness (QED) is 0.397. The van der Waals surface area contributed by atoms with E-state index in [9.17, 15) is 9.90 Å². The Bertz CT molecular complexity index is 740. The highest BCUT2D eigenvalue weighted by Crippen LogP contribution is 2.40. The molecule has 0 aliphatic carbocycles. The van der Waals surface area contributed by atoms with E-state index in [1.807, 2.05) is 36.2 Å². The Balaban J connectivity index is 2.16. The molecular formula is C26H44ClN3O3. The molecular weight excluding hydrogens is 438 g/mol. The number of nitrogens with one attached hydrogen (secondary N) is 2. The van der Waals surface area contributed by atoms with Crippen molar-refractivity contribution in [2.75, 3.05) is 40.4 Å². The van der Waals surface area contributed by atoms with Gasteiger partial charge in [0.1, 0.15) is 0 Å². The molecule has 1 aromatic rings. The van der Waals surface area contributed by atoms with Crippen molar-refractivity contribution in [1.82, 2.24) is 15.5 Å². The first-order chi connectivity index (χ1) is 15.6. The Morgan fingerprint density at radius 2 is 2.09 bits per heavy atom. The Hall–Kier alpha value is -1.34. The van der Waals surface area contributed by atoms with E-state index >= 15 is 0 Å². The summed E-state index contributed by atoms with van der Waals surface area (Å²) in [6, 6.07) is 7.55. The summed E-state index contributed by atoms with van der Waals surface area (Å²) in [7, 11) is 3.61. The SMILES string of the molecule is CNCC(CC(C)(C)C)NC(=O)N1CCC[C@@H]([C@@](O)(CCCCOC)c2cccc(Cl)c2)C1. The molecule has 3 atom stereocenters. The standard InChI is InChI=1S/C26H44ClN3O3/c1-25(2,3)17-23(18-28-4)29-24(31)30-14-9-11-21(19-30)26(32,13-6-7-15-33-5)20-10-8-12-22(27)16-20/h8,10,12,16,21,23,28,32H,6-7,9,11,13-15,17-19H2,1-5H3,(H,29,31)/t21-,23?,26-/m1/s1. The van der Waals surface area contributed by atoms with E-state index in [-0.39, 0.29) is 23.4 Å². The number of likely N-dealkylation sites (N-methyl/N-ethyl adjacent to an activating group) is 1. The van der Waals surface area contributed by atoms with Gasteiger partial charge in [-0.1, -0.05) is 44.5 Å². The Morgan fingerprint density at radius 1 is 1.33 bits per heavy atom. The highest BCUT2D eigenvalue weighted by molar-refractivity contribution is 6.30. The van der Waals surface area contributed by atoms with E-state index in [2.05, 4.69) is 31.4 Å². The van der Waals surface area contributed by atoms with Crippen LogP contribution >= 0.6 is 11.6 Å². The molecule has 0 bridgehead atoms. The maximum Gasteiger partial charge on any atom is 0.317 e. The number of piperidine rings is 1. The average molecular weight is 482 g/mol. The van der Waals surface area contributed by atoms with Crippen molar-refractivity contribution in [3.05, 3.63) is 34.9 Å². The van der Waals surface area contributed by atoms with Gasteiger partial charge in [-0.15, -0.1) is 0 Å². The van der Waals surface area contributed by atoms with Crippen LogP contribution in [-0.4, -0.2) is 62.5 Å². The van der Waals surface area contributed by atoms with Crippen LogP contribution in [0.3, 0.4) is 0 Å². The van der Waals surface area contributed by atoms with Crippen LogP contribution < -0.4 is 10.6 Å². The maximum atomic E-state index is 13.2. The van der Waals surface area contributed by atoms with Gasteiger partial charge in [-0.05, 0) is 68.7 Å². The number of aliphatic hydroxyl groups is 1. The van der Waals surface area contributed by atoms with Crippen LogP contribution in [-0.2, 0) is 10.3 Å². The highest BCUT2D eigenvalue weighted by atomic mass is 35.5. The van der Waals surface area contributed by atoms with Gasteiger partial charge in [0, 0.05) is 50.3 Å². The van der Waals surface area contributed by atoms with Crippen molar-refractivity contribution in [3.63, 3.8) is 0 Å². The lowest BCUT2D eigenvalue weighted by molar-refractivity contribution is -0.0564. The number of benzene rings is 1. The molecule has 1 aliphatic rings. The predicted octanol–water partition coefficient (Wildman–Crippen LogP) is 4.79. The molecule has 2 rings (SSSR count). The molecule has 1 heterocycles. The monoisotopic (exact) mass is 481 g/mol. The lowest BCUT2D eigenvalue weighted by Gasteiger charge is -2.43. The first-order valence-corrected chi connectivity index (χ1v) is 12.6.